The van der Waals surface area contributed by atoms with E-state index in [4.69, 9.17) is 4.74 Å². The topological polar surface area (TPSA) is 15.7 Å². The van der Waals surface area contributed by atoms with Crippen molar-refractivity contribution < 1.29 is 4.74 Å². The summed E-state index contributed by atoms with van der Waals surface area (Å²) in [5.74, 6) is 0. The van der Waals surface area contributed by atoms with Crippen LogP contribution in [0.15, 0.2) is 0 Å². The number of nitrogens with zero attached hydrogens (tertiary/aromatic N) is 2. The van der Waals surface area contributed by atoms with E-state index in [0.717, 1.165) is 26.2 Å². The Bertz CT molecular complexity index is 215. The molecule has 0 saturated carbocycles. The van der Waals surface area contributed by atoms with Crippen molar-refractivity contribution in [3.63, 3.8) is 0 Å². The number of hydrogen-bond donors (Lipinski definition) is 0. The van der Waals surface area contributed by atoms with Crippen LogP contribution in [-0.2, 0) is 4.74 Å². The molecule has 3 nitrogen and oxygen atoms in total. The molecule has 0 N–H and O–H groups in total. The zero-order valence-electron chi connectivity index (χ0n) is 13.0. The molecular formula is C15H32N2O. The van der Waals surface area contributed by atoms with Gasteiger partial charge in [-0.15, -0.1) is 0 Å². The lowest BCUT2D eigenvalue weighted by Crippen LogP contribution is -2.49. The summed E-state index contributed by atoms with van der Waals surface area (Å²) in [6, 6.07) is 0.690. The second-order valence-corrected chi connectivity index (χ2v) is 6.89. The summed E-state index contributed by atoms with van der Waals surface area (Å²) in [7, 11) is 0. The lowest BCUT2D eigenvalue weighted by molar-refractivity contribution is 0.0582. The molecular weight excluding hydrogens is 224 g/mol. The summed E-state index contributed by atoms with van der Waals surface area (Å²) in [5.41, 5.74) is 0.392. The van der Waals surface area contributed by atoms with Gasteiger partial charge in [-0.05, 0) is 25.7 Å². The van der Waals surface area contributed by atoms with Gasteiger partial charge in [0, 0.05) is 45.4 Å². The van der Waals surface area contributed by atoms with Gasteiger partial charge in [-0.25, -0.2) is 0 Å². The van der Waals surface area contributed by atoms with Gasteiger partial charge in [0.25, 0.3) is 0 Å². The molecule has 0 spiro atoms. The highest BCUT2D eigenvalue weighted by Crippen LogP contribution is 2.17. The lowest BCUT2D eigenvalue weighted by Gasteiger charge is -2.36. The van der Waals surface area contributed by atoms with E-state index >= 15 is 0 Å². The van der Waals surface area contributed by atoms with Gasteiger partial charge in [-0.2, -0.15) is 0 Å². The first kappa shape index (κ1) is 15.9. The van der Waals surface area contributed by atoms with Crippen LogP contribution in [0.1, 0.15) is 41.0 Å². The lowest BCUT2D eigenvalue weighted by atomic mass is 9.93. The number of ether oxygens (including phenoxy) is 1. The molecule has 1 aliphatic rings. The number of hydrogen-bond acceptors (Lipinski definition) is 3. The minimum Gasteiger partial charge on any atom is -0.380 e. The third-order valence-corrected chi connectivity index (χ3v) is 3.69. The van der Waals surface area contributed by atoms with Gasteiger partial charge in [-0.1, -0.05) is 20.8 Å². The Morgan fingerprint density at radius 3 is 2.11 bits per heavy atom. The standard InChI is InChI=1S/C15H32N2O/c1-14(2)17-9-7-16(8-10-17)11-13-18-12-6-15(3,4)5/h14H,6-13H2,1-5H3. The fraction of sp³-hybridized carbons (Fsp3) is 1.00. The molecule has 1 fully saturated rings. The SMILES string of the molecule is CC(C)N1CCN(CCOCCC(C)(C)C)CC1. The minimum atomic E-state index is 0.392. The van der Waals surface area contributed by atoms with Crippen molar-refractivity contribution in [3.05, 3.63) is 0 Å². The fourth-order valence-corrected chi connectivity index (χ4v) is 2.18. The zero-order chi connectivity index (χ0) is 13.6. The predicted molar refractivity (Wildman–Crippen MR) is 78.0 cm³/mol. The third-order valence-electron chi connectivity index (χ3n) is 3.69. The molecule has 1 rings (SSSR count). The van der Waals surface area contributed by atoms with Gasteiger partial charge in [-0.3, -0.25) is 9.80 Å². The first-order valence-corrected chi connectivity index (χ1v) is 7.42. The van der Waals surface area contributed by atoms with E-state index in [-0.39, 0.29) is 0 Å². The Morgan fingerprint density at radius 2 is 1.61 bits per heavy atom. The molecule has 0 aromatic carbocycles. The quantitative estimate of drug-likeness (QED) is 0.679. The Hall–Kier alpha value is -0.120. The van der Waals surface area contributed by atoms with E-state index in [9.17, 15) is 0 Å². The first-order valence-electron chi connectivity index (χ1n) is 7.42. The molecule has 1 heterocycles. The minimum absolute atomic E-state index is 0.392. The summed E-state index contributed by atoms with van der Waals surface area (Å²) in [6.07, 6.45) is 1.15. The van der Waals surface area contributed by atoms with Gasteiger partial charge >= 0.3 is 0 Å². The molecule has 0 aromatic heterocycles. The summed E-state index contributed by atoms with van der Waals surface area (Å²) >= 11 is 0. The summed E-state index contributed by atoms with van der Waals surface area (Å²) in [4.78, 5) is 5.08. The van der Waals surface area contributed by atoms with E-state index < -0.39 is 0 Å². The average Bonchev–Trinajstić information content (AvgIpc) is 2.27. The van der Waals surface area contributed by atoms with Crippen LogP contribution in [0.25, 0.3) is 0 Å². The van der Waals surface area contributed by atoms with Crippen LogP contribution in [0.5, 0.6) is 0 Å². The first-order chi connectivity index (χ1) is 8.38. The predicted octanol–water partition coefficient (Wildman–Crippen LogP) is 2.47. The van der Waals surface area contributed by atoms with Crippen LogP contribution in [0.4, 0.5) is 0 Å². The molecule has 108 valence electrons. The normalized spacial score (nSPS) is 19.7. The molecule has 3 heteroatoms. The Kier molecular flexibility index (Phi) is 6.61. The van der Waals surface area contributed by atoms with E-state index in [1.807, 2.05) is 0 Å². The van der Waals surface area contributed by atoms with Crippen LogP contribution in [0.3, 0.4) is 0 Å². The third kappa shape index (κ3) is 6.72. The maximum atomic E-state index is 5.73. The van der Waals surface area contributed by atoms with E-state index in [1.165, 1.54) is 26.2 Å². The fourth-order valence-electron chi connectivity index (χ4n) is 2.18. The summed E-state index contributed by atoms with van der Waals surface area (Å²) in [5, 5.41) is 0. The van der Waals surface area contributed by atoms with Crippen molar-refractivity contribution in [2.45, 2.75) is 47.1 Å². The van der Waals surface area contributed by atoms with Crippen LogP contribution in [0, 0.1) is 5.41 Å². The van der Waals surface area contributed by atoms with E-state index in [0.29, 0.717) is 11.5 Å². The van der Waals surface area contributed by atoms with Gasteiger partial charge in [0.15, 0.2) is 0 Å². The second-order valence-electron chi connectivity index (χ2n) is 6.89. The van der Waals surface area contributed by atoms with Crippen molar-refractivity contribution in [2.24, 2.45) is 5.41 Å². The molecule has 0 bridgehead atoms. The molecule has 0 aliphatic carbocycles. The van der Waals surface area contributed by atoms with Gasteiger partial charge in [0.05, 0.1) is 6.61 Å². The highest BCUT2D eigenvalue weighted by molar-refractivity contribution is 4.73. The summed E-state index contributed by atoms with van der Waals surface area (Å²) in [6.45, 7) is 19.0. The van der Waals surface area contributed by atoms with Crippen LogP contribution < -0.4 is 0 Å². The van der Waals surface area contributed by atoms with Crippen LogP contribution in [-0.4, -0.2) is 61.8 Å². The van der Waals surface area contributed by atoms with E-state index in [2.05, 4.69) is 44.4 Å². The van der Waals surface area contributed by atoms with Crippen molar-refractivity contribution in [1.82, 2.24) is 9.80 Å². The van der Waals surface area contributed by atoms with Crippen molar-refractivity contribution in [1.29, 1.82) is 0 Å². The number of rotatable bonds is 6. The monoisotopic (exact) mass is 256 g/mol. The summed E-state index contributed by atoms with van der Waals surface area (Å²) < 4.78 is 5.73. The van der Waals surface area contributed by atoms with Crippen molar-refractivity contribution >= 4 is 0 Å². The molecule has 0 radical (unpaired) electrons. The Morgan fingerprint density at radius 1 is 1.00 bits per heavy atom. The molecule has 0 unspecified atom stereocenters. The maximum absolute atomic E-state index is 5.73. The Labute approximate surface area is 113 Å². The second kappa shape index (κ2) is 7.46. The number of piperazine rings is 1. The van der Waals surface area contributed by atoms with Crippen molar-refractivity contribution in [2.75, 3.05) is 45.9 Å². The Balaban J connectivity index is 2.01. The highest BCUT2D eigenvalue weighted by atomic mass is 16.5. The molecule has 0 aromatic rings. The van der Waals surface area contributed by atoms with Gasteiger partial charge in [0.2, 0.25) is 0 Å². The van der Waals surface area contributed by atoms with Crippen LogP contribution >= 0.6 is 0 Å². The van der Waals surface area contributed by atoms with E-state index in [1.54, 1.807) is 0 Å². The molecule has 0 amide bonds. The largest absolute Gasteiger partial charge is 0.380 e. The zero-order valence-corrected chi connectivity index (χ0v) is 13.0. The molecule has 1 saturated heterocycles. The van der Waals surface area contributed by atoms with Crippen molar-refractivity contribution in [3.8, 4) is 0 Å². The van der Waals surface area contributed by atoms with Gasteiger partial charge < -0.3 is 4.74 Å². The molecule has 1 aliphatic heterocycles. The smallest absolute Gasteiger partial charge is 0.0593 e. The average molecular weight is 256 g/mol. The highest BCUT2D eigenvalue weighted by Gasteiger charge is 2.18. The van der Waals surface area contributed by atoms with Crippen LogP contribution in [0.2, 0.25) is 0 Å². The van der Waals surface area contributed by atoms with Gasteiger partial charge in [0.1, 0.15) is 0 Å². The maximum Gasteiger partial charge on any atom is 0.0593 e. The molecule has 18 heavy (non-hydrogen) atoms. The molecule has 0 atom stereocenters.